The Kier molecular flexibility index (Phi) is 9.78. The van der Waals surface area contributed by atoms with Gasteiger partial charge in [0.1, 0.15) is 5.69 Å². The minimum absolute atomic E-state index is 0.0299. The molecule has 1 heterocycles. The zero-order valence-electron chi connectivity index (χ0n) is 25.1. The van der Waals surface area contributed by atoms with E-state index in [-0.39, 0.29) is 45.9 Å². The third-order valence-electron chi connectivity index (χ3n) is 7.48. The van der Waals surface area contributed by atoms with E-state index in [0.717, 1.165) is 0 Å². The number of nitrogens with one attached hydrogen (secondary N) is 1. The van der Waals surface area contributed by atoms with E-state index in [1.807, 2.05) is 30.3 Å². The molecule has 0 spiro atoms. The zero-order valence-corrected chi connectivity index (χ0v) is 27.5. The first-order chi connectivity index (χ1) is 20.2. The molecule has 0 unspecified atom stereocenters. The number of pyridine rings is 1. The number of para-hydroxylation sites is 1. The van der Waals surface area contributed by atoms with Crippen LogP contribution in [-0.2, 0) is 25.4 Å². The number of rotatable bonds is 10. The van der Waals surface area contributed by atoms with Gasteiger partial charge in [0, 0.05) is 39.4 Å². The molecule has 43 heavy (non-hydrogen) atoms. The summed E-state index contributed by atoms with van der Waals surface area (Å²) in [6, 6.07) is 20.3. The number of aromatic nitrogens is 1. The molecule has 1 N–H and O–H groups in total. The van der Waals surface area contributed by atoms with E-state index in [1.165, 1.54) is 19.2 Å². The first-order valence-electron chi connectivity index (χ1n) is 13.6. The number of halogens is 1. The van der Waals surface area contributed by atoms with E-state index in [0.29, 0.717) is 27.2 Å². The van der Waals surface area contributed by atoms with Crippen molar-refractivity contribution in [2.24, 2.45) is 0 Å². The Bertz CT molecular complexity index is 1800. The molecule has 3 aromatic carbocycles. The number of carbonyl (C=O) groups is 1. The van der Waals surface area contributed by atoms with Crippen molar-refractivity contribution in [3.8, 4) is 5.69 Å². The first-order valence-corrected chi connectivity index (χ1v) is 17.9. The maximum absolute atomic E-state index is 13.8. The lowest BCUT2D eigenvalue weighted by atomic mass is 9.99. The van der Waals surface area contributed by atoms with Crippen molar-refractivity contribution in [3.05, 3.63) is 105 Å². The van der Waals surface area contributed by atoms with Gasteiger partial charge in [-0.3, -0.25) is 4.79 Å². The molecule has 230 valence electrons. The van der Waals surface area contributed by atoms with Crippen molar-refractivity contribution in [1.82, 2.24) is 9.29 Å². The topological polar surface area (TPSA) is 104 Å². The van der Waals surface area contributed by atoms with E-state index in [1.54, 1.807) is 34.9 Å². The number of ether oxygens (including phenoxy) is 1. The number of benzene rings is 3. The van der Waals surface area contributed by atoms with Crippen molar-refractivity contribution >= 4 is 48.8 Å². The fourth-order valence-electron chi connectivity index (χ4n) is 4.40. The second-order valence-electron chi connectivity index (χ2n) is 11.4. The number of sulfonamides is 1. The van der Waals surface area contributed by atoms with Crippen LogP contribution >= 0.6 is 21.9 Å². The molecule has 4 rings (SSSR count). The molecule has 0 saturated heterocycles. The summed E-state index contributed by atoms with van der Waals surface area (Å²) in [6.07, 6.45) is 4.19. The van der Waals surface area contributed by atoms with Gasteiger partial charge < -0.3 is 13.5 Å². The summed E-state index contributed by atoms with van der Waals surface area (Å²) < 4.78 is 41.3. The molecule has 0 aliphatic carbocycles. The van der Waals surface area contributed by atoms with Crippen molar-refractivity contribution in [2.45, 2.75) is 36.8 Å². The maximum Gasteiger partial charge on any atom is 0.355 e. The molecule has 0 amide bonds. The van der Waals surface area contributed by atoms with Crippen LogP contribution in [-0.4, -0.2) is 56.5 Å². The van der Waals surface area contributed by atoms with E-state index >= 15 is 0 Å². The number of esters is 1. The normalized spacial score (nSPS) is 12.8. The lowest BCUT2D eigenvalue weighted by Crippen LogP contribution is -2.30. The summed E-state index contributed by atoms with van der Waals surface area (Å²) in [5, 5.41) is 0.800. The van der Waals surface area contributed by atoms with Crippen LogP contribution in [0.15, 0.2) is 82.5 Å². The Labute approximate surface area is 259 Å². The van der Waals surface area contributed by atoms with Crippen LogP contribution in [0.25, 0.3) is 16.6 Å². The van der Waals surface area contributed by atoms with E-state index in [2.05, 4.69) is 38.0 Å². The van der Waals surface area contributed by atoms with E-state index in [4.69, 9.17) is 20.5 Å². The van der Waals surface area contributed by atoms with Crippen LogP contribution in [0.5, 0.6) is 0 Å². The lowest BCUT2D eigenvalue weighted by molar-refractivity contribution is 0.0590. The molecule has 0 atom stereocenters. The average molecular weight is 645 g/mol. The van der Waals surface area contributed by atoms with Crippen LogP contribution in [0.4, 0.5) is 0 Å². The number of fused-ring (bicyclic) bond motifs is 1. The van der Waals surface area contributed by atoms with Crippen molar-refractivity contribution in [2.75, 3.05) is 32.8 Å². The predicted octanol–water partition coefficient (Wildman–Crippen LogP) is 6.09. The molecule has 0 saturated carbocycles. The molecule has 0 bridgehead atoms. The summed E-state index contributed by atoms with van der Waals surface area (Å²) in [7, 11) is -3.89. The number of nitrogens with zero attached hydrogens (tertiary/aromatic N) is 1. The van der Waals surface area contributed by atoms with Crippen LogP contribution < -0.4 is 10.2 Å². The predicted molar refractivity (Wildman–Crippen MR) is 175 cm³/mol. The number of hydrogen-bond donors (Lipinski definition) is 1. The number of methoxy groups -OCH3 is 1. The van der Waals surface area contributed by atoms with E-state index < -0.39 is 26.3 Å². The van der Waals surface area contributed by atoms with Gasteiger partial charge >= 0.3 is 5.97 Å². The standard InChI is InChI=1S/C32H37ClN2O6S2/c1-32(2,3)42(5,6)41-19-18-34-43(38,39)25-15-12-22(13-16-25)20-27-29(31(37)40-4)35(24-10-8-7-9-11-24)28-21-23(33)14-17-26(28)30(27)36/h7-17,21,34H,18-20H2,1-6H3. The summed E-state index contributed by atoms with van der Waals surface area (Å²) in [5.41, 5.74) is 1.73. The van der Waals surface area contributed by atoms with E-state index in [9.17, 15) is 18.0 Å². The van der Waals surface area contributed by atoms with Gasteiger partial charge in [0.2, 0.25) is 10.0 Å². The Morgan fingerprint density at radius 1 is 0.977 bits per heavy atom. The average Bonchev–Trinajstić information content (AvgIpc) is 2.96. The van der Waals surface area contributed by atoms with Crippen LogP contribution in [0, 0.1) is 0 Å². The molecule has 0 aliphatic heterocycles. The van der Waals surface area contributed by atoms with Crippen LogP contribution in [0.1, 0.15) is 42.4 Å². The van der Waals surface area contributed by atoms with Gasteiger partial charge in [-0.05, 0) is 60.5 Å². The Balaban J connectivity index is 1.67. The third-order valence-corrected chi connectivity index (χ3v) is 12.9. The van der Waals surface area contributed by atoms with Crippen molar-refractivity contribution in [3.63, 3.8) is 0 Å². The van der Waals surface area contributed by atoms with Gasteiger partial charge in [-0.25, -0.2) is 17.9 Å². The summed E-state index contributed by atoms with van der Waals surface area (Å²) in [6.45, 7) is 6.71. The van der Waals surface area contributed by atoms with Crippen LogP contribution in [0.3, 0.4) is 0 Å². The minimum atomic E-state index is -3.79. The number of hydrogen-bond acceptors (Lipinski definition) is 6. The fraction of sp³-hybridized carbons (Fsp3) is 0.312. The molecule has 1 aromatic heterocycles. The minimum Gasteiger partial charge on any atom is -0.464 e. The van der Waals surface area contributed by atoms with Gasteiger partial charge in [-0.1, -0.05) is 62.7 Å². The molecule has 11 heteroatoms. The number of carbonyl (C=O) groups excluding carboxylic acids is 1. The van der Waals surface area contributed by atoms with Gasteiger partial charge in [-0.2, -0.15) is 0 Å². The third kappa shape index (κ3) is 7.16. The highest BCUT2D eigenvalue weighted by Gasteiger charge is 2.29. The fourth-order valence-corrected chi connectivity index (χ4v) is 6.44. The smallest absolute Gasteiger partial charge is 0.355 e. The SMILES string of the molecule is COC(=O)c1c(Cc2ccc(S(=O)(=O)NCCOS(C)(C)C(C)(C)C)cc2)c(=O)c2ccc(Cl)cc2n1-c1ccccc1. The maximum atomic E-state index is 13.8. The largest absolute Gasteiger partial charge is 0.464 e. The molecule has 0 fully saturated rings. The summed E-state index contributed by atoms with van der Waals surface area (Å²) in [5.74, 6) is -0.681. The van der Waals surface area contributed by atoms with Gasteiger partial charge in [-0.15, -0.1) is 10.3 Å². The Hall–Kier alpha value is -3.15. The highest BCUT2D eigenvalue weighted by atomic mass is 35.5. The molecular weight excluding hydrogens is 608 g/mol. The lowest BCUT2D eigenvalue weighted by Gasteiger charge is -2.43. The molecule has 8 nitrogen and oxygen atoms in total. The van der Waals surface area contributed by atoms with Crippen molar-refractivity contribution < 1.29 is 22.1 Å². The van der Waals surface area contributed by atoms with Crippen molar-refractivity contribution in [1.29, 1.82) is 0 Å². The van der Waals surface area contributed by atoms with Gasteiger partial charge in [0.15, 0.2) is 5.43 Å². The molecular formula is C32H37ClN2O6S2. The highest BCUT2D eigenvalue weighted by Crippen LogP contribution is 2.53. The second-order valence-corrected chi connectivity index (χ2v) is 17.5. The monoisotopic (exact) mass is 644 g/mol. The molecule has 4 aromatic rings. The Morgan fingerprint density at radius 2 is 1.63 bits per heavy atom. The second kappa shape index (κ2) is 12.8. The van der Waals surface area contributed by atoms with Crippen LogP contribution in [0.2, 0.25) is 5.02 Å². The zero-order chi connectivity index (χ0) is 31.6. The Morgan fingerprint density at radius 3 is 2.23 bits per heavy atom. The molecule has 0 radical (unpaired) electrons. The van der Waals surface area contributed by atoms with Gasteiger partial charge in [0.25, 0.3) is 0 Å². The first kappa shape index (κ1) is 32.8. The quantitative estimate of drug-likeness (QED) is 0.165. The molecule has 0 aliphatic rings. The summed E-state index contributed by atoms with van der Waals surface area (Å²) in [4.78, 5) is 27.1. The summed E-state index contributed by atoms with van der Waals surface area (Å²) >= 11 is 6.30. The van der Waals surface area contributed by atoms with Gasteiger partial charge in [0.05, 0.1) is 24.1 Å². The highest BCUT2D eigenvalue weighted by molar-refractivity contribution is 8.29.